The van der Waals surface area contributed by atoms with Gasteiger partial charge in [0, 0.05) is 6.54 Å². The summed E-state index contributed by atoms with van der Waals surface area (Å²) in [5.41, 5.74) is 2.37. The Bertz CT molecular complexity index is 531. The Balaban J connectivity index is 1.92. The van der Waals surface area contributed by atoms with Crippen LogP contribution in [0.15, 0.2) is 45.5 Å². The van der Waals surface area contributed by atoms with Gasteiger partial charge in [0.25, 0.3) is 5.91 Å². The minimum absolute atomic E-state index is 0.208. The molecule has 0 unspecified atom stereocenters. The molecule has 0 aliphatic rings. The molecule has 0 spiro atoms. The van der Waals surface area contributed by atoms with E-state index in [9.17, 15) is 4.79 Å². The van der Waals surface area contributed by atoms with Gasteiger partial charge in [-0.05, 0) is 45.6 Å². The largest absolute Gasteiger partial charge is 0.444 e. The molecule has 1 aromatic heterocycles. The summed E-state index contributed by atoms with van der Waals surface area (Å²) in [4.78, 5) is 11.7. The first-order chi connectivity index (χ1) is 8.69. The zero-order valence-electron chi connectivity index (χ0n) is 10.1. The van der Waals surface area contributed by atoms with Crippen LogP contribution in [-0.2, 0) is 13.0 Å². The molecule has 2 rings (SSSR count). The lowest BCUT2D eigenvalue weighted by molar-refractivity contribution is 0.0922. The van der Waals surface area contributed by atoms with Crippen molar-refractivity contribution in [1.82, 2.24) is 5.32 Å². The van der Waals surface area contributed by atoms with Crippen LogP contribution in [0.1, 0.15) is 28.6 Å². The van der Waals surface area contributed by atoms with Crippen LogP contribution >= 0.6 is 15.9 Å². The van der Waals surface area contributed by atoms with Crippen LogP contribution in [0, 0.1) is 0 Å². The van der Waals surface area contributed by atoms with E-state index in [1.807, 2.05) is 12.1 Å². The number of rotatable bonds is 4. The number of aryl methyl sites for hydroxylation is 1. The number of hydrogen-bond acceptors (Lipinski definition) is 2. The van der Waals surface area contributed by atoms with E-state index in [2.05, 4.69) is 40.3 Å². The highest BCUT2D eigenvalue weighted by molar-refractivity contribution is 9.10. The number of furan rings is 1. The lowest BCUT2D eigenvalue weighted by atomic mass is 10.1. The van der Waals surface area contributed by atoms with Gasteiger partial charge in [0.1, 0.15) is 0 Å². The first-order valence-corrected chi connectivity index (χ1v) is 6.59. The molecule has 2 aromatic rings. The Morgan fingerprint density at radius 2 is 1.83 bits per heavy atom. The number of nitrogens with one attached hydrogen (secondary N) is 1. The fourth-order valence-corrected chi connectivity index (χ4v) is 1.91. The molecule has 1 amide bonds. The lowest BCUT2D eigenvalue weighted by Gasteiger charge is -2.04. The van der Waals surface area contributed by atoms with E-state index in [0.29, 0.717) is 17.0 Å². The van der Waals surface area contributed by atoms with Crippen molar-refractivity contribution in [3.05, 3.63) is 58.0 Å². The Kier molecular flexibility index (Phi) is 4.20. The summed E-state index contributed by atoms with van der Waals surface area (Å²) in [7, 11) is 0. The summed E-state index contributed by atoms with van der Waals surface area (Å²) in [6.45, 7) is 2.62. The van der Waals surface area contributed by atoms with Crippen molar-refractivity contribution in [1.29, 1.82) is 0 Å². The first kappa shape index (κ1) is 12.9. The number of benzene rings is 1. The highest BCUT2D eigenvalue weighted by Crippen LogP contribution is 2.14. The SMILES string of the molecule is CCc1ccc(CNC(=O)c2ccc(Br)o2)cc1. The fraction of sp³-hybridized carbons (Fsp3) is 0.214. The molecule has 18 heavy (non-hydrogen) atoms. The second-order valence-corrected chi connectivity index (χ2v) is 4.74. The smallest absolute Gasteiger partial charge is 0.287 e. The van der Waals surface area contributed by atoms with Gasteiger partial charge in [-0.2, -0.15) is 0 Å². The van der Waals surface area contributed by atoms with Gasteiger partial charge in [0.05, 0.1) is 0 Å². The molecule has 94 valence electrons. The van der Waals surface area contributed by atoms with Crippen LogP contribution < -0.4 is 5.32 Å². The van der Waals surface area contributed by atoms with Crippen molar-refractivity contribution in [2.45, 2.75) is 19.9 Å². The van der Waals surface area contributed by atoms with Gasteiger partial charge in [-0.15, -0.1) is 0 Å². The zero-order chi connectivity index (χ0) is 13.0. The van der Waals surface area contributed by atoms with Gasteiger partial charge < -0.3 is 9.73 Å². The van der Waals surface area contributed by atoms with Crippen molar-refractivity contribution in [2.24, 2.45) is 0 Å². The van der Waals surface area contributed by atoms with Crippen molar-refractivity contribution >= 4 is 21.8 Å². The highest BCUT2D eigenvalue weighted by atomic mass is 79.9. The lowest BCUT2D eigenvalue weighted by Crippen LogP contribution is -2.22. The Hall–Kier alpha value is -1.55. The van der Waals surface area contributed by atoms with Gasteiger partial charge in [-0.25, -0.2) is 0 Å². The standard InChI is InChI=1S/C14H14BrNO2/c1-2-10-3-5-11(6-4-10)9-16-14(17)12-7-8-13(15)18-12/h3-8H,2,9H2,1H3,(H,16,17). The molecule has 0 atom stereocenters. The van der Waals surface area contributed by atoms with Crippen LogP contribution in [0.2, 0.25) is 0 Å². The summed E-state index contributed by atoms with van der Waals surface area (Å²) >= 11 is 3.17. The Morgan fingerprint density at radius 1 is 1.17 bits per heavy atom. The van der Waals surface area contributed by atoms with Gasteiger partial charge >= 0.3 is 0 Å². The van der Waals surface area contributed by atoms with Crippen molar-refractivity contribution in [3.63, 3.8) is 0 Å². The Morgan fingerprint density at radius 3 is 2.39 bits per heavy atom. The molecular formula is C14H14BrNO2. The van der Waals surface area contributed by atoms with Crippen molar-refractivity contribution in [2.75, 3.05) is 0 Å². The van der Waals surface area contributed by atoms with E-state index in [1.165, 1.54) is 5.56 Å². The average Bonchev–Trinajstić information content (AvgIpc) is 2.83. The average molecular weight is 308 g/mol. The quantitative estimate of drug-likeness (QED) is 0.939. The third-order valence-corrected chi connectivity index (χ3v) is 3.11. The third-order valence-electron chi connectivity index (χ3n) is 2.68. The molecule has 4 heteroatoms. The second-order valence-electron chi connectivity index (χ2n) is 3.96. The van der Waals surface area contributed by atoms with Crippen molar-refractivity contribution < 1.29 is 9.21 Å². The third kappa shape index (κ3) is 3.23. The molecule has 0 bridgehead atoms. The number of carbonyl (C=O) groups excluding carboxylic acids is 1. The van der Waals surface area contributed by atoms with Crippen LogP contribution in [0.3, 0.4) is 0 Å². The van der Waals surface area contributed by atoms with Gasteiger partial charge in [-0.1, -0.05) is 31.2 Å². The van der Waals surface area contributed by atoms with E-state index in [0.717, 1.165) is 12.0 Å². The van der Waals surface area contributed by atoms with E-state index in [4.69, 9.17) is 4.42 Å². The summed E-state index contributed by atoms with van der Waals surface area (Å²) in [5.74, 6) is 0.104. The van der Waals surface area contributed by atoms with Gasteiger partial charge in [0.15, 0.2) is 10.4 Å². The summed E-state index contributed by atoms with van der Waals surface area (Å²) in [5, 5.41) is 2.81. The van der Waals surface area contributed by atoms with E-state index >= 15 is 0 Å². The Labute approximate surface area is 114 Å². The summed E-state index contributed by atoms with van der Waals surface area (Å²) in [6, 6.07) is 11.5. The molecular weight excluding hydrogens is 294 g/mol. The molecule has 0 radical (unpaired) electrons. The predicted octanol–water partition coefficient (Wildman–Crippen LogP) is 3.53. The van der Waals surface area contributed by atoms with Crippen LogP contribution in [0.25, 0.3) is 0 Å². The van der Waals surface area contributed by atoms with Gasteiger partial charge in [0.2, 0.25) is 0 Å². The molecule has 0 fully saturated rings. The molecule has 1 heterocycles. The number of halogens is 1. The second kappa shape index (κ2) is 5.87. The molecule has 0 aliphatic carbocycles. The van der Waals surface area contributed by atoms with Gasteiger partial charge in [-0.3, -0.25) is 4.79 Å². The summed E-state index contributed by atoms with van der Waals surface area (Å²) in [6.07, 6.45) is 1.02. The van der Waals surface area contributed by atoms with Crippen LogP contribution in [0.4, 0.5) is 0 Å². The molecule has 0 saturated heterocycles. The van der Waals surface area contributed by atoms with E-state index < -0.39 is 0 Å². The monoisotopic (exact) mass is 307 g/mol. The van der Waals surface area contributed by atoms with E-state index in [1.54, 1.807) is 12.1 Å². The normalized spacial score (nSPS) is 10.3. The maximum Gasteiger partial charge on any atom is 0.287 e. The number of carbonyl (C=O) groups is 1. The zero-order valence-corrected chi connectivity index (χ0v) is 11.7. The molecule has 0 saturated carbocycles. The predicted molar refractivity (Wildman–Crippen MR) is 73.4 cm³/mol. The maximum atomic E-state index is 11.7. The van der Waals surface area contributed by atoms with Crippen molar-refractivity contribution in [3.8, 4) is 0 Å². The summed E-state index contributed by atoms with van der Waals surface area (Å²) < 4.78 is 5.73. The van der Waals surface area contributed by atoms with Crippen LogP contribution in [0.5, 0.6) is 0 Å². The molecule has 3 nitrogen and oxygen atoms in total. The number of amides is 1. The first-order valence-electron chi connectivity index (χ1n) is 5.80. The molecule has 1 aromatic carbocycles. The van der Waals surface area contributed by atoms with E-state index in [-0.39, 0.29) is 5.91 Å². The minimum atomic E-state index is -0.208. The number of hydrogen-bond donors (Lipinski definition) is 1. The fourth-order valence-electron chi connectivity index (χ4n) is 1.60. The molecule has 0 aliphatic heterocycles. The molecule has 1 N–H and O–H groups in total. The maximum absolute atomic E-state index is 11.7. The highest BCUT2D eigenvalue weighted by Gasteiger charge is 2.09. The van der Waals surface area contributed by atoms with Crippen LogP contribution in [-0.4, -0.2) is 5.91 Å². The minimum Gasteiger partial charge on any atom is -0.444 e. The topological polar surface area (TPSA) is 42.2 Å².